The van der Waals surface area contributed by atoms with E-state index in [1.807, 2.05) is 0 Å². The number of rotatable bonds is 7. The third-order valence-electron chi connectivity index (χ3n) is 6.95. The van der Waals surface area contributed by atoms with Gasteiger partial charge in [0.25, 0.3) is 10.0 Å². The van der Waals surface area contributed by atoms with Crippen molar-refractivity contribution in [3.63, 3.8) is 0 Å². The van der Waals surface area contributed by atoms with E-state index in [1.165, 1.54) is 12.3 Å². The van der Waals surface area contributed by atoms with E-state index in [0.29, 0.717) is 22.9 Å². The van der Waals surface area contributed by atoms with E-state index in [9.17, 15) is 12.8 Å². The van der Waals surface area contributed by atoms with Crippen LogP contribution in [0.4, 0.5) is 20.4 Å². The summed E-state index contributed by atoms with van der Waals surface area (Å²) in [6, 6.07) is 8.86. The summed E-state index contributed by atoms with van der Waals surface area (Å²) in [4.78, 5) is 14.7. The van der Waals surface area contributed by atoms with Crippen molar-refractivity contribution in [2.45, 2.75) is 42.7 Å². The first-order valence-corrected chi connectivity index (χ1v) is 14.3. The highest BCUT2D eigenvalue weighted by Crippen LogP contribution is 2.33. The summed E-state index contributed by atoms with van der Waals surface area (Å²) >= 11 is 5.84. The molecule has 2 aromatic carbocycles. The summed E-state index contributed by atoms with van der Waals surface area (Å²) in [5.74, 6) is -1.39. The number of aromatic nitrogens is 3. The number of hydrogen-bond donors (Lipinski definition) is 2. The standard InChI is InChI=1S/C27H27ClF2N6O2S/c1-36(2)20-6-4-19(5-7-20)33-27-32-13-17-11-16(3-9-23(17)34-27)25-22(29)8-10-24(26(25)30)35-39(37,38)21-12-18(28)14-31-15-21/h3,8-15,19-20,35H,4-7H2,1-2H3,(H,32,33,34)/t19-,20+. The molecule has 0 spiro atoms. The van der Waals surface area contributed by atoms with Gasteiger partial charge >= 0.3 is 0 Å². The molecular weight excluding hydrogens is 546 g/mol. The van der Waals surface area contributed by atoms with Crippen molar-refractivity contribution in [3.8, 4) is 11.1 Å². The van der Waals surface area contributed by atoms with E-state index in [-0.39, 0.29) is 27.1 Å². The summed E-state index contributed by atoms with van der Waals surface area (Å²) in [7, 11) is -0.0151. The van der Waals surface area contributed by atoms with Crippen LogP contribution in [-0.2, 0) is 10.0 Å². The Bertz CT molecular complexity index is 1630. The predicted octanol–water partition coefficient (Wildman–Crippen LogP) is 5.71. The van der Waals surface area contributed by atoms with Crippen LogP contribution in [0.2, 0.25) is 5.02 Å². The monoisotopic (exact) mass is 572 g/mol. The smallest absolute Gasteiger partial charge is 0.263 e. The minimum absolute atomic E-state index is 0.103. The number of benzene rings is 2. The predicted molar refractivity (Wildman–Crippen MR) is 148 cm³/mol. The van der Waals surface area contributed by atoms with Gasteiger partial charge in [0.15, 0.2) is 5.82 Å². The molecule has 8 nitrogen and oxygen atoms in total. The molecule has 2 heterocycles. The van der Waals surface area contributed by atoms with Crippen molar-refractivity contribution >= 4 is 44.2 Å². The number of anilines is 2. The molecule has 1 fully saturated rings. The lowest BCUT2D eigenvalue weighted by atomic mass is 9.91. The van der Waals surface area contributed by atoms with Crippen LogP contribution in [0, 0.1) is 11.6 Å². The molecule has 0 amide bonds. The fourth-order valence-corrected chi connectivity index (χ4v) is 6.10. The molecule has 1 saturated carbocycles. The van der Waals surface area contributed by atoms with Crippen LogP contribution in [0.3, 0.4) is 0 Å². The van der Waals surface area contributed by atoms with Crippen molar-refractivity contribution in [1.29, 1.82) is 0 Å². The Hall–Kier alpha value is -3.41. The maximum absolute atomic E-state index is 15.5. The van der Waals surface area contributed by atoms with Crippen LogP contribution in [-0.4, -0.2) is 54.4 Å². The molecule has 0 bridgehead atoms. The highest BCUT2D eigenvalue weighted by atomic mass is 35.5. The Kier molecular flexibility index (Phi) is 7.66. The summed E-state index contributed by atoms with van der Waals surface area (Å²) in [6.07, 6.45) is 8.21. The minimum Gasteiger partial charge on any atom is -0.351 e. The van der Waals surface area contributed by atoms with Crippen molar-refractivity contribution in [3.05, 3.63) is 71.6 Å². The van der Waals surface area contributed by atoms with E-state index < -0.39 is 27.3 Å². The quantitative estimate of drug-likeness (QED) is 0.293. The van der Waals surface area contributed by atoms with Crippen molar-refractivity contribution in [2.75, 3.05) is 24.1 Å². The van der Waals surface area contributed by atoms with Gasteiger partial charge in [-0.1, -0.05) is 17.7 Å². The molecule has 0 saturated heterocycles. The highest BCUT2D eigenvalue weighted by molar-refractivity contribution is 7.92. The van der Waals surface area contributed by atoms with Gasteiger partial charge in [-0.05, 0) is 75.7 Å². The van der Waals surface area contributed by atoms with E-state index in [0.717, 1.165) is 44.0 Å². The number of hydrogen-bond acceptors (Lipinski definition) is 7. The van der Waals surface area contributed by atoms with Gasteiger partial charge in [0.05, 0.1) is 21.8 Å². The van der Waals surface area contributed by atoms with Crippen molar-refractivity contribution in [2.24, 2.45) is 0 Å². The lowest BCUT2D eigenvalue weighted by molar-refractivity contribution is 0.221. The van der Waals surface area contributed by atoms with Gasteiger partial charge in [-0.3, -0.25) is 9.71 Å². The van der Waals surface area contributed by atoms with Gasteiger partial charge in [-0.15, -0.1) is 0 Å². The molecule has 12 heteroatoms. The molecule has 1 aliphatic rings. The zero-order valence-electron chi connectivity index (χ0n) is 21.3. The van der Waals surface area contributed by atoms with Crippen LogP contribution < -0.4 is 10.0 Å². The first-order chi connectivity index (χ1) is 18.6. The van der Waals surface area contributed by atoms with Crippen LogP contribution >= 0.6 is 11.6 Å². The molecule has 5 rings (SSSR count). The summed E-state index contributed by atoms with van der Waals surface area (Å²) in [5, 5.41) is 4.10. The molecule has 204 valence electrons. The highest BCUT2D eigenvalue weighted by Gasteiger charge is 2.24. The number of nitrogens with one attached hydrogen (secondary N) is 2. The fraction of sp³-hybridized carbons (Fsp3) is 0.296. The molecule has 2 aromatic heterocycles. The average Bonchev–Trinajstić information content (AvgIpc) is 2.91. The number of fused-ring (bicyclic) bond motifs is 1. The molecule has 39 heavy (non-hydrogen) atoms. The summed E-state index contributed by atoms with van der Waals surface area (Å²) in [6.45, 7) is 0. The maximum atomic E-state index is 15.5. The Balaban J connectivity index is 1.38. The van der Waals surface area contributed by atoms with Gasteiger partial charge in [0.1, 0.15) is 10.7 Å². The zero-order valence-corrected chi connectivity index (χ0v) is 22.9. The van der Waals surface area contributed by atoms with Crippen molar-refractivity contribution in [1.82, 2.24) is 19.9 Å². The van der Waals surface area contributed by atoms with E-state index in [4.69, 9.17) is 11.6 Å². The van der Waals surface area contributed by atoms with Crippen LogP contribution in [0.5, 0.6) is 0 Å². The second-order valence-electron chi connectivity index (χ2n) is 9.81. The van der Waals surface area contributed by atoms with Gasteiger partial charge in [-0.2, -0.15) is 0 Å². The van der Waals surface area contributed by atoms with Crippen LogP contribution in [0.1, 0.15) is 25.7 Å². The third kappa shape index (κ3) is 5.95. The molecule has 4 aromatic rings. The van der Waals surface area contributed by atoms with E-state index >= 15 is 4.39 Å². The van der Waals surface area contributed by atoms with Crippen molar-refractivity contribution < 1.29 is 17.2 Å². The van der Waals surface area contributed by atoms with Gasteiger partial charge < -0.3 is 10.2 Å². The van der Waals surface area contributed by atoms with E-state index in [2.05, 4.69) is 44.0 Å². The lowest BCUT2D eigenvalue weighted by Gasteiger charge is -2.32. The molecule has 0 radical (unpaired) electrons. The fourth-order valence-electron chi connectivity index (χ4n) is 4.82. The second kappa shape index (κ2) is 11.0. The average molecular weight is 573 g/mol. The second-order valence-corrected chi connectivity index (χ2v) is 11.9. The maximum Gasteiger partial charge on any atom is 0.263 e. The molecular formula is C27H27ClF2N6O2S. The largest absolute Gasteiger partial charge is 0.351 e. The Morgan fingerprint density at radius 2 is 1.77 bits per heavy atom. The number of pyridine rings is 1. The Labute approximate surface area is 230 Å². The van der Waals surface area contributed by atoms with Gasteiger partial charge in [-0.25, -0.2) is 27.2 Å². The number of sulfonamides is 1. The Morgan fingerprint density at radius 1 is 1.00 bits per heavy atom. The molecule has 0 aliphatic heterocycles. The summed E-state index contributed by atoms with van der Waals surface area (Å²) < 4.78 is 58.0. The first-order valence-electron chi connectivity index (χ1n) is 12.4. The van der Waals surface area contributed by atoms with Crippen LogP contribution in [0.25, 0.3) is 22.0 Å². The van der Waals surface area contributed by atoms with Gasteiger partial charge in [0, 0.05) is 36.1 Å². The van der Waals surface area contributed by atoms with Crippen LogP contribution in [0.15, 0.2) is 59.9 Å². The first kappa shape index (κ1) is 27.2. The third-order valence-corrected chi connectivity index (χ3v) is 8.49. The topological polar surface area (TPSA) is 100 Å². The molecule has 0 atom stereocenters. The van der Waals surface area contributed by atoms with E-state index in [1.54, 1.807) is 24.4 Å². The van der Waals surface area contributed by atoms with Gasteiger partial charge in [0.2, 0.25) is 5.95 Å². The molecule has 2 N–H and O–H groups in total. The number of nitrogens with zero attached hydrogens (tertiary/aromatic N) is 4. The normalized spacial score (nSPS) is 17.9. The summed E-state index contributed by atoms with van der Waals surface area (Å²) in [5.41, 5.74) is 0.0473. The molecule has 0 unspecified atom stereocenters. The SMILES string of the molecule is CN(C)[C@H]1CC[C@@H](Nc2ncc3cc(-c4c(F)ccc(NS(=O)(=O)c5cncc(Cl)c5)c4F)ccc3n2)CC1. The Morgan fingerprint density at radius 3 is 2.49 bits per heavy atom. The zero-order chi connectivity index (χ0) is 27.7. The number of halogens is 3. The molecule has 1 aliphatic carbocycles. The lowest BCUT2D eigenvalue weighted by Crippen LogP contribution is -2.36. The minimum atomic E-state index is -4.22.